The number of hydrogen-bond acceptors (Lipinski definition) is 3. The maximum atomic E-state index is 5.72. The van der Waals surface area contributed by atoms with E-state index in [9.17, 15) is 0 Å². The molecule has 0 aliphatic carbocycles. The molecule has 0 aromatic carbocycles. The first-order valence-electron chi connectivity index (χ1n) is 7.66. The van der Waals surface area contributed by atoms with Crippen molar-refractivity contribution in [3.8, 4) is 0 Å². The quantitative estimate of drug-likeness (QED) is 0.852. The Morgan fingerprint density at radius 3 is 2.89 bits per heavy atom. The zero-order valence-corrected chi connectivity index (χ0v) is 12.8. The zero-order valence-electron chi connectivity index (χ0n) is 12.8. The Bertz CT molecular complexity index is 386. The molecule has 0 amide bonds. The van der Waals surface area contributed by atoms with Gasteiger partial charge in [0.05, 0.1) is 12.8 Å². The molecule has 2 unspecified atom stereocenters. The van der Waals surface area contributed by atoms with Crippen LogP contribution in [-0.2, 0) is 13.1 Å². The van der Waals surface area contributed by atoms with Crippen molar-refractivity contribution in [2.24, 2.45) is 0 Å². The van der Waals surface area contributed by atoms with Crippen molar-refractivity contribution >= 4 is 0 Å². The van der Waals surface area contributed by atoms with Crippen LogP contribution in [0.4, 0.5) is 0 Å². The number of nitrogens with zero attached hydrogens (tertiary/aromatic N) is 1. The highest BCUT2D eigenvalue weighted by Gasteiger charge is 2.30. The van der Waals surface area contributed by atoms with Crippen LogP contribution in [0.5, 0.6) is 0 Å². The summed E-state index contributed by atoms with van der Waals surface area (Å²) in [6, 6.07) is 4.02. The van der Waals surface area contributed by atoms with Gasteiger partial charge in [-0.05, 0) is 32.3 Å². The van der Waals surface area contributed by atoms with Gasteiger partial charge in [0.1, 0.15) is 5.76 Å². The highest BCUT2D eigenvalue weighted by molar-refractivity contribution is 5.17. The van der Waals surface area contributed by atoms with E-state index in [4.69, 9.17) is 4.42 Å². The Morgan fingerprint density at radius 1 is 1.42 bits per heavy atom. The van der Waals surface area contributed by atoms with Gasteiger partial charge in [0.15, 0.2) is 0 Å². The van der Waals surface area contributed by atoms with Crippen LogP contribution in [0.25, 0.3) is 0 Å². The SMILES string of the molecule is CCC1CCC(C)N1Cc1occc1CNC(C)C. The molecule has 1 N–H and O–H groups in total. The molecule has 3 nitrogen and oxygen atoms in total. The number of furan rings is 1. The van der Waals surface area contributed by atoms with Gasteiger partial charge in [-0.25, -0.2) is 0 Å². The predicted octanol–water partition coefficient (Wildman–Crippen LogP) is 3.54. The Labute approximate surface area is 117 Å². The minimum Gasteiger partial charge on any atom is -0.468 e. The van der Waals surface area contributed by atoms with E-state index < -0.39 is 0 Å². The summed E-state index contributed by atoms with van der Waals surface area (Å²) in [7, 11) is 0. The van der Waals surface area contributed by atoms with E-state index in [1.54, 1.807) is 0 Å². The summed E-state index contributed by atoms with van der Waals surface area (Å²) in [5.74, 6) is 1.14. The maximum absolute atomic E-state index is 5.72. The van der Waals surface area contributed by atoms with Gasteiger partial charge in [0.25, 0.3) is 0 Å². The third-order valence-electron chi connectivity index (χ3n) is 4.29. The minimum atomic E-state index is 0.511. The van der Waals surface area contributed by atoms with Crippen LogP contribution in [0, 0.1) is 0 Å². The lowest BCUT2D eigenvalue weighted by Crippen LogP contribution is -2.34. The topological polar surface area (TPSA) is 28.4 Å². The van der Waals surface area contributed by atoms with Crippen LogP contribution in [0.1, 0.15) is 58.3 Å². The molecule has 0 radical (unpaired) electrons. The molecular formula is C16H28N2O. The average molecular weight is 264 g/mol. The fraction of sp³-hybridized carbons (Fsp3) is 0.750. The Morgan fingerprint density at radius 2 is 2.21 bits per heavy atom. The van der Waals surface area contributed by atoms with Crippen molar-refractivity contribution in [1.29, 1.82) is 0 Å². The van der Waals surface area contributed by atoms with Gasteiger partial charge in [-0.2, -0.15) is 0 Å². The molecule has 1 aromatic rings. The molecule has 1 aliphatic rings. The number of nitrogens with one attached hydrogen (secondary N) is 1. The maximum Gasteiger partial charge on any atom is 0.122 e. The summed E-state index contributed by atoms with van der Waals surface area (Å²) < 4.78 is 5.72. The van der Waals surface area contributed by atoms with E-state index in [0.29, 0.717) is 12.1 Å². The fourth-order valence-corrected chi connectivity index (χ4v) is 2.99. The van der Waals surface area contributed by atoms with Gasteiger partial charge in [-0.15, -0.1) is 0 Å². The minimum absolute atomic E-state index is 0.511. The summed E-state index contributed by atoms with van der Waals surface area (Å²) in [6.45, 7) is 10.8. The molecule has 0 bridgehead atoms. The summed E-state index contributed by atoms with van der Waals surface area (Å²) in [5, 5.41) is 3.47. The number of rotatable bonds is 6. The van der Waals surface area contributed by atoms with E-state index >= 15 is 0 Å². The van der Waals surface area contributed by atoms with Crippen LogP contribution < -0.4 is 5.32 Å². The van der Waals surface area contributed by atoms with Crippen LogP contribution in [-0.4, -0.2) is 23.0 Å². The van der Waals surface area contributed by atoms with Gasteiger partial charge in [-0.3, -0.25) is 4.90 Å². The monoisotopic (exact) mass is 264 g/mol. The van der Waals surface area contributed by atoms with Crippen LogP contribution in [0.15, 0.2) is 16.7 Å². The molecule has 0 spiro atoms. The molecule has 1 fully saturated rings. The van der Waals surface area contributed by atoms with Gasteiger partial charge in [0, 0.05) is 30.2 Å². The zero-order chi connectivity index (χ0) is 13.8. The fourth-order valence-electron chi connectivity index (χ4n) is 2.99. The smallest absolute Gasteiger partial charge is 0.122 e. The third-order valence-corrected chi connectivity index (χ3v) is 4.29. The van der Waals surface area contributed by atoms with Crippen LogP contribution >= 0.6 is 0 Å². The van der Waals surface area contributed by atoms with Gasteiger partial charge in [-0.1, -0.05) is 20.8 Å². The number of hydrogen-bond donors (Lipinski definition) is 1. The molecule has 2 rings (SSSR count). The first kappa shape index (κ1) is 14.6. The largest absolute Gasteiger partial charge is 0.468 e. The second-order valence-electron chi connectivity index (χ2n) is 6.07. The summed E-state index contributed by atoms with van der Waals surface area (Å²) >= 11 is 0. The molecular weight excluding hydrogens is 236 g/mol. The Balaban J connectivity index is 2.00. The molecule has 0 saturated carbocycles. The summed E-state index contributed by atoms with van der Waals surface area (Å²) in [4.78, 5) is 2.61. The highest BCUT2D eigenvalue weighted by Crippen LogP contribution is 2.28. The molecule has 2 heterocycles. The first-order valence-corrected chi connectivity index (χ1v) is 7.66. The Kier molecular flexibility index (Phi) is 5.06. The highest BCUT2D eigenvalue weighted by atomic mass is 16.3. The van der Waals surface area contributed by atoms with Crippen molar-refractivity contribution in [3.05, 3.63) is 23.7 Å². The molecule has 2 atom stereocenters. The van der Waals surface area contributed by atoms with Crippen molar-refractivity contribution in [1.82, 2.24) is 10.2 Å². The molecule has 3 heteroatoms. The van der Waals surface area contributed by atoms with Crippen molar-refractivity contribution in [2.75, 3.05) is 0 Å². The molecule has 108 valence electrons. The van der Waals surface area contributed by atoms with E-state index in [1.807, 2.05) is 6.26 Å². The summed E-state index contributed by atoms with van der Waals surface area (Å²) in [6.07, 6.45) is 5.72. The third kappa shape index (κ3) is 3.61. The van der Waals surface area contributed by atoms with Crippen molar-refractivity contribution in [2.45, 2.75) is 78.2 Å². The average Bonchev–Trinajstić information content (AvgIpc) is 2.95. The first-order chi connectivity index (χ1) is 9.11. The molecule has 19 heavy (non-hydrogen) atoms. The van der Waals surface area contributed by atoms with Gasteiger partial charge >= 0.3 is 0 Å². The number of likely N-dealkylation sites (tertiary alicyclic amines) is 1. The lowest BCUT2D eigenvalue weighted by molar-refractivity contribution is 0.174. The second kappa shape index (κ2) is 6.58. The lowest BCUT2D eigenvalue weighted by atomic mass is 10.1. The van der Waals surface area contributed by atoms with Crippen LogP contribution in [0.3, 0.4) is 0 Å². The Hall–Kier alpha value is -0.800. The second-order valence-corrected chi connectivity index (χ2v) is 6.07. The summed E-state index contributed by atoms with van der Waals surface area (Å²) in [5.41, 5.74) is 1.31. The molecule has 1 aliphatic heterocycles. The molecule has 1 saturated heterocycles. The van der Waals surface area contributed by atoms with E-state index in [1.165, 1.54) is 24.8 Å². The van der Waals surface area contributed by atoms with Crippen molar-refractivity contribution < 1.29 is 4.42 Å². The van der Waals surface area contributed by atoms with Crippen LogP contribution in [0.2, 0.25) is 0 Å². The van der Waals surface area contributed by atoms with E-state index in [0.717, 1.165) is 24.9 Å². The van der Waals surface area contributed by atoms with Gasteiger partial charge in [0.2, 0.25) is 0 Å². The van der Waals surface area contributed by atoms with Crippen molar-refractivity contribution in [3.63, 3.8) is 0 Å². The normalized spacial score (nSPS) is 24.5. The lowest BCUT2D eigenvalue weighted by Gasteiger charge is -2.27. The standard InChI is InChI=1S/C16H28N2O/c1-5-15-7-6-13(4)18(15)11-16-14(8-9-19-16)10-17-12(2)3/h8-9,12-13,15,17H,5-7,10-11H2,1-4H3. The van der Waals surface area contributed by atoms with Gasteiger partial charge < -0.3 is 9.73 Å². The molecule has 1 aromatic heterocycles. The van der Waals surface area contributed by atoms with E-state index in [2.05, 4.69) is 44.0 Å². The van der Waals surface area contributed by atoms with E-state index in [-0.39, 0.29) is 0 Å². The predicted molar refractivity (Wildman–Crippen MR) is 79.0 cm³/mol.